The zero-order valence-corrected chi connectivity index (χ0v) is 18.8. The van der Waals surface area contributed by atoms with Gasteiger partial charge in [-0.05, 0) is 11.8 Å². The van der Waals surface area contributed by atoms with Crippen molar-refractivity contribution in [3.8, 4) is 0 Å². The fourth-order valence-electron chi connectivity index (χ4n) is 3.77. The summed E-state index contributed by atoms with van der Waals surface area (Å²) in [6.45, 7) is 13.1. The highest BCUT2D eigenvalue weighted by molar-refractivity contribution is 5.83. The van der Waals surface area contributed by atoms with E-state index in [1.54, 1.807) is 7.05 Å². The summed E-state index contributed by atoms with van der Waals surface area (Å²) in [5.41, 5.74) is 0. The van der Waals surface area contributed by atoms with Crippen LogP contribution >= 0.6 is 0 Å². The molecule has 2 amide bonds. The van der Waals surface area contributed by atoms with Gasteiger partial charge in [-0.1, -0.05) is 27.7 Å². The molecule has 0 aromatic carbocycles. The van der Waals surface area contributed by atoms with E-state index < -0.39 is 0 Å². The van der Waals surface area contributed by atoms with Crippen molar-refractivity contribution in [3.63, 3.8) is 0 Å². The topological polar surface area (TPSA) is 97.8 Å². The van der Waals surface area contributed by atoms with Crippen LogP contribution in [0.25, 0.3) is 0 Å². The predicted octanol–water partition coefficient (Wildman–Crippen LogP) is 0.523. The van der Waals surface area contributed by atoms with Gasteiger partial charge in [0.1, 0.15) is 0 Å². The van der Waals surface area contributed by atoms with Crippen molar-refractivity contribution in [3.05, 3.63) is 0 Å². The molecule has 0 spiro atoms. The molecule has 2 aliphatic heterocycles. The van der Waals surface area contributed by atoms with Crippen molar-refractivity contribution in [2.75, 3.05) is 74.5 Å². The Hall–Kier alpha value is -2.65. The molecule has 166 valence electrons. The molecule has 0 unspecified atom stereocenters. The normalized spacial score (nSPS) is 18.1. The van der Waals surface area contributed by atoms with E-state index in [0.29, 0.717) is 55.9 Å². The van der Waals surface area contributed by atoms with Gasteiger partial charge in [-0.25, -0.2) is 0 Å². The largest absolute Gasteiger partial charge is 0.357 e. The minimum absolute atomic E-state index is 0.0837. The van der Waals surface area contributed by atoms with Gasteiger partial charge in [0.25, 0.3) is 0 Å². The van der Waals surface area contributed by atoms with Gasteiger partial charge < -0.3 is 24.9 Å². The van der Waals surface area contributed by atoms with Crippen LogP contribution in [-0.2, 0) is 9.59 Å². The number of nitrogens with zero attached hydrogens (tertiary/aromatic N) is 7. The van der Waals surface area contributed by atoms with Crippen LogP contribution in [0.2, 0.25) is 0 Å². The van der Waals surface area contributed by atoms with Gasteiger partial charge in [0, 0.05) is 46.3 Å². The lowest BCUT2D eigenvalue weighted by Crippen LogP contribution is -2.53. The van der Waals surface area contributed by atoms with Crippen molar-refractivity contribution in [2.24, 2.45) is 11.8 Å². The highest BCUT2D eigenvalue weighted by atomic mass is 16.2. The van der Waals surface area contributed by atoms with Crippen LogP contribution in [0.1, 0.15) is 27.7 Å². The van der Waals surface area contributed by atoms with Crippen LogP contribution in [0.3, 0.4) is 0 Å². The molecule has 30 heavy (non-hydrogen) atoms. The van der Waals surface area contributed by atoms with Crippen molar-refractivity contribution in [1.29, 1.82) is 0 Å². The minimum atomic E-state index is 0.0837. The van der Waals surface area contributed by atoms with Crippen LogP contribution in [0.15, 0.2) is 0 Å². The van der Waals surface area contributed by atoms with Crippen molar-refractivity contribution in [2.45, 2.75) is 27.7 Å². The van der Waals surface area contributed by atoms with E-state index in [1.165, 1.54) is 0 Å². The van der Waals surface area contributed by atoms with E-state index in [-0.39, 0.29) is 24.9 Å². The molecule has 0 aliphatic carbocycles. The number of rotatable bonds is 7. The van der Waals surface area contributed by atoms with Crippen LogP contribution in [0, 0.1) is 11.8 Å². The Balaban J connectivity index is 1.74. The first-order valence-corrected chi connectivity index (χ1v) is 10.8. The molecule has 1 aromatic rings. The minimum Gasteiger partial charge on any atom is -0.357 e. The summed E-state index contributed by atoms with van der Waals surface area (Å²) < 4.78 is 0. The number of anilines is 3. The molecule has 1 aromatic heterocycles. The Labute approximate surface area is 178 Å². The smallest absolute Gasteiger partial charge is 0.242 e. The third-order valence-corrected chi connectivity index (χ3v) is 5.21. The van der Waals surface area contributed by atoms with Crippen LogP contribution in [-0.4, -0.2) is 96.0 Å². The maximum atomic E-state index is 12.6. The highest BCUT2D eigenvalue weighted by Gasteiger charge is 2.29. The molecule has 1 N–H and O–H groups in total. The van der Waals surface area contributed by atoms with E-state index >= 15 is 0 Å². The quantitative estimate of drug-likeness (QED) is 0.685. The summed E-state index contributed by atoms with van der Waals surface area (Å²) >= 11 is 0. The standard InChI is InChI=1S/C20H34N8O2/c1-14(2)10-25-6-8-27(12-16(25)29)19-22-18(21-5)23-20(24-19)28-9-7-26(11-15(3)4)17(30)13-28/h14-15H,6-13H2,1-5H3,(H,21,22,23,24). The summed E-state index contributed by atoms with van der Waals surface area (Å²) in [5.74, 6) is 2.42. The Bertz CT molecular complexity index is 711. The van der Waals surface area contributed by atoms with E-state index in [0.717, 1.165) is 13.1 Å². The lowest BCUT2D eigenvalue weighted by atomic mass is 10.2. The molecule has 0 radical (unpaired) electrons. The average molecular weight is 419 g/mol. The number of nitrogens with one attached hydrogen (secondary N) is 1. The molecule has 0 atom stereocenters. The third kappa shape index (κ3) is 5.28. The monoisotopic (exact) mass is 418 g/mol. The molecule has 2 saturated heterocycles. The second-order valence-electron chi connectivity index (χ2n) is 8.82. The molecule has 3 rings (SSSR count). The second kappa shape index (κ2) is 9.44. The Morgan fingerprint density at radius 2 is 1.20 bits per heavy atom. The average Bonchev–Trinajstić information content (AvgIpc) is 2.70. The molecule has 2 fully saturated rings. The summed E-state index contributed by atoms with van der Waals surface area (Å²) in [4.78, 5) is 46.2. The summed E-state index contributed by atoms with van der Waals surface area (Å²) in [6, 6.07) is 0. The molecular formula is C20H34N8O2. The number of hydrogen-bond acceptors (Lipinski definition) is 8. The van der Waals surface area contributed by atoms with Gasteiger partial charge in [-0.3, -0.25) is 9.59 Å². The fraction of sp³-hybridized carbons (Fsp3) is 0.750. The van der Waals surface area contributed by atoms with Gasteiger partial charge in [-0.15, -0.1) is 0 Å². The molecule has 10 heteroatoms. The van der Waals surface area contributed by atoms with Crippen LogP contribution < -0.4 is 15.1 Å². The van der Waals surface area contributed by atoms with Crippen LogP contribution in [0.5, 0.6) is 0 Å². The van der Waals surface area contributed by atoms with E-state index in [4.69, 9.17) is 0 Å². The zero-order chi connectivity index (χ0) is 21.8. The van der Waals surface area contributed by atoms with E-state index in [1.807, 2.05) is 19.6 Å². The number of hydrogen-bond donors (Lipinski definition) is 1. The van der Waals surface area contributed by atoms with Crippen molar-refractivity contribution in [1.82, 2.24) is 24.8 Å². The molecule has 0 bridgehead atoms. The van der Waals surface area contributed by atoms with E-state index in [2.05, 4.69) is 48.0 Å². The summed E-state index contributed by atoms with van der Waals surface area (Å²) in [5, 5.41) is 2.97. The molecule has 3 heterocycles. The van der Waals surface area contributed by atoms with Gasteiger partial charge in [0.15, 0.2) is 0 Å². The van der Waals surface area contributed by atoms with Crippen LogP contribution in [0.4, 0.5) is 17.8 Å². The number of piperazine rings is 2. The molecule has 0 saturated carbocycles. The first kappa shape index (κ1) is 22.0. The lowest BCUT2D eigenvalue weighted by Gasteiger charge is -2.37. The Kier molecular flexibility index (Phi) is 6.94. The van der Waals surface area contributed by atoms with Gasteiger partial charge in [-0.2, -0.15) is 15.0 Å². The van der Waals surface area contributed by atoms with Gasteiger partial charge in [0.05, 0.1) is 13.1 Å². The third-order valence-electron chi connectivity index (χ3n) is 5.21. The SMILES string of the molecule is CNc1nc(N2CCN(CC(C)C)C(=O)C2)nc(N2CCN(CC(C)C)C(=O)C2)n1. The number of carbonyl (C=O) groups is 2. The fourth-order valence-corrected chi connectivity index (χ4v) is 3.77. The first-order valence-electron chi connectivity index (χ1n) is 10.8. The highest BCUT2D eigenvalue weighted by Crippen LogP contribution is 2.20. The van der Waals surface area contributed by atoms with E-state index in [9.17, 15) is 9.59 Å². The zero-order valence-electron chi connectivity index (χ0n) is 18.8. The second-order valence-corrected chi connectivity index (χ2v) is 8.82. The Morgan fingerprint density at radius 1 is 0.767 bits per heavy atom. The maximum absolute atomic E-state index is 12.6. The number of amides is 2. The lowest BCUT2D eigenvalue weighted by molar-refractivity contribution is -0.132. The maximum Gasteiger partial charge on any atom is 0.242 e. The van der Waals surface area contributed by atoms with Crippen molar-refractivity contribution < 1.29 is 9.59 Å². The summed E-state index contributed by atoms with van der Waals surface area (Å²) in [7, 11) is 1.75. The molecule has 10 nitrogen and oxygen atoms in total. The Morgan fingerprint density at radius 3 is 1.53 bits per heavy atom. The van der Waals surface area contributed by atoms with Gasteiger partial charge in [0.2, 0.25) is 29.7 Å². The number of carbonyl (C=O) groups excluding carboxylic acids is 2. The number of aromatic nitrogens is 3. The van der Waals surface area contributed by atoms with Crippen molar-refractivity contribution >= 4 is 29.7 Å². The predicted molar refractivity (Wildman–Crippen MR) is 117 cm³/mol. The molecular weight excluding hydrogens is 384 g/mol. The summed E-state index contributed by atoms with van der Waals surface area (Å²) in [6.07, 6.45) is 0. The molecule has 2 aliphatic rings. The van der Waals surface area contributed by atoms with Gasteiger partial charge >= 0.3 is 0 Å². The first-order chi connectivity index (χ1) is 14.3.